The molecule has 1 atom stereocenters. The SMILES string of the molecule is CC(CN(C)C)NCc1ccccc1Sc1c(Cl)cccc1Cl. The molecule has 0 aliphatic heterocycles. The van der Waals surface area contributed by atoms with Gasteiger partial charge < -0.3 is 10.2 Å². The third-order valence-electron chi connectivity index (χ3n) is 3.38. The summed E-state index contributed by atoms with van der Waals surface area (Å²) in [7, 11) is 4.17. The Hall–Kier alpha value is -0.710. The number of nitrogens with one attached hydrogen (secondary N) is 1. The lowest BCUT2D eigenvalue weighted by molar-refractivity contribution is 0.348. The van der Waals surface area contributed by atoms with Gasteiger partial charge in [-0.15, -0.1) is 0 Å². The van der Waals surface area contributed by atoms with Crippen LogP contribution in [0.1, 0.15) is 12.5 Å². The monoisotopic (exact) mass is 368 g/mol. The highest BCUT2D eigenvalue weighted by atomic mass is 35.5. The zero-order chi connectivity index (χ0) is 16.8. The Morgan fingerprint density at radius 2 is 1.70 bits per heavy atom. The molecule has 0 saturated heterocycles. The number of hydrogen-bond acceptors (Lipinski definition) is 3. The zero-order valence-corrected chi connectivity index (χ0v) is 16.0. The summed E-state index contributed by atoms with van der Waals surface area (Å²) < 4.78 is 0. The Kier molecular flexibility index (Phi) is 7.25. The molecule has 0 bridgehead atoms. The van der Waals surface area contributed by atoms with Crippen molar-refractivity contribution < 1.29 is 0 Å². The van der Waals surface area contributed by atoms with E-state index in [0.717, 1.165) is 18.0 Å². The zero-order valence-electron chi connectivity index (χ0n) is 13.6. The molecule has 0 amide bonds. The smallest absolute Gasteiger partial charge is 0.0560 e. The van der Waals surface area contributed by atoms with Gasteiger partial charge in [-0.3, -0.25) is 0 Å². The molecule has 23 heavy (non-hydrogen) atoms. The summed E-state index contributed by atoms with van der Waals surface area (Å²) in [4.78, 5) is 4.26. The molecule has 0 saturated carbocycles. The van der Waals surface area contributed by atoms with E-state index in [9.17, 15) is 0 Å². The lowest BCUT2D eigenvalue weighted by Crippen LogP contribution is -2.35. The van der Waals surface area contributed by atoms with Crippen LogP contribution in [0.3, 0.4) is 0 Å². The van der Waals surface area contributed by atoms with Gasteiger partial charge in [0.25, 0.3) is 0 Å². The predicted octanol–water partition coefficient (Wildman–Crippen LogP) is 5.18. The fourth-order valence-corrected chi connectivity index (χ4v) is 3.93. The van der Waals surface area contributed by atoms with Crippen LogP contribution in [-0.2, 0) is 6.54 Å². The molecule has 0 radical (unpaired) electrons. The second-order valence-corrected chi connectivity index (χ2v) is 7.67. The Morgan fingerprint density at radius 1 is 1.04 bits per heavy atom. The maximum atomic E-state index is 6.29. The van der Waals surface area contributed by atoms with Gasteiger partial charge >= 0.3 is 0 Å². The first-order valence-electron chi connectivity index (χ1n) is 7.55. The average Bonchev–Trinajstić information content (AvgIpc) is 2.49. The summed E-state index contributed by atoms with van der Waals surface area (Å²) in [6, 6.07) is 14.4. The molecule has 0 aromatic heterocycles. The van der Waals surface area contributed by atoms with Gasteiger partial charge in [0.15, 0.2) is 0 Å². The molecular formula is C18H22Cl2N2S. The third kappa shape index (κ3) is 5.70. The van der Waals surface area contributed by atoms with Gasteiger partial charge in [0, 0.05) is 28.9 Å². The quantitative estimate of drug-likeness (QED) is 0.724. The summed E-state index contributed by atoms with van der Waals surface area (Å²) in [6.07, 6.45) is 0. The molecule has 0 spiro atoms. The summed E-state index contributed by atoms with van der Waals surface area (Å²) >= 11 is 14.2. The minimum atomic E-state index is 0.423. The fraction of sp³-hybridized carbons (Fsp3) is 0.333. The van der Waals surface area contributed by atoms with Crippen molar-refractivity contribution >= 4 is 35.0 Å². The number of halogens is 2. The van der Waals surface area contributed by atoms with E-state index < -0.39 is 0 Å². The van der Waals surface area contributed by atoms with Crippen molar-refractivity contribution in [2.75, 3.05) is 20.6 Å². The van der Waals surface area contributed by atoms with E-state index in [0.29, 0.717) is 16.1 Å². The van der Waals surface area contributed by atoms with E-state index in [1.54, 1.807) is 11.8 Å². The Labute approximate surface area is 153 Å². The van der Waals surface area contributed by atoms with Crippen LogP contribution < -0.4 is 5.32 Å². The second kappa shape index (κ2) is 8.95. The first-order chi connectivity index (χ1) is 11.0. The highest BCUT2D eigenvalue weighted by Crippen LogP contribution is 2.39. The largest absolute Gasteiger partial charge is 0.309 e. The predicted molar refractivity (Wildman–Crippen MR) is 102 cm³/mol. The van der Waals surface area contributed by atoms with Crippen molar-refractivity contribution in [1.29, 1.82) is 0 Å². The van der Waals surface area contributed by atoms with E-state index >= 15 is 0 Å². The van der Waals surface area contributed by atoms with Gasteiger partial charge in [-0.1, -0.05) is 59.2 Å². The first-order valence-corrected chi connectivity index (χ1v) is 9.12. The third-order valence-corrected chi connectivity index (χ3v) is 5.50. The number of likely N-dealkylation sites (N-methyl/N-ethyl adjacent to an activating group) is 1. The van der Waals surface area contributed by atoms with Gasteiger partial charge in [0.05, 0.1) is 10.0 Å². The van der Waals surface area contributed by atoms with Crippen LogP contribution in [0.15, 0.2) is 52.3 Å². The highest BCUT2D eigenvalue weighted by Gasteiger charge is 2.11. The van der Waals surface area contributed by atoms with Crippen molar-refractivity contribution in [2.24, 2.45) is 0 Å². The second-order valence-electron chi connectivity index (χ2n) is 5.80. The molecule has 2 rings (SSSR count). The Bertz CT molecular complexity index is 626. The van der Waals surface area contributed by atoms with Crippen molar-refractivity contribution in [3.8, 4) is 0 Å². The van der Waals surface area contributed by atoms with Crippen molar-refractivity contribution in [3.05, 3.63) is 58.1 Å². The number of hydrogen-bond donors (Lipinski definition) is 1. The van der Waals surface area contributed by atoms with Gasteiger partial charge in [-0.2, -0.15) is 0 Å². The molecule has 0 heterocycles. The van der Waals surface area contributed by atoms with Crippen molar-refractivity contribution in [3.63, 3.8) is 0 Å². The molecule has 2 aromatic carbocycles. The van der Waals surface area contributed by atoms with Crippen molar-refractivity contribution in [1.82, 2.24) is 10.2 Å². The molecule has 5 heteroatoms. The molecule has 2 aromatic rings. The van der Waals surface area contributed by atoms with Crippen LogP contribution >= 0.6 is 35.0 Å². The van der Waals surface area contributed by atoms with Gasteiger partial charge in [-0.05, 0) is 44.8 Å². The molecular weight excluding hydrogens is 347 g/mol. The normalized spacial score (nSPS) is 12.6. The van der Waals surface area contributed by atoms with Crippen LogP contribution in [0.25, 0.3) is 0 Å². The van der Waals surface area contributed by atoms with E-state index in [-0.39, 0.29) is 0 Å². The van der Waals surface area contributed by atoms with Gasteiger partial charge in [-0.25, -0.2) is 0 Å². The standard InChI is InChI=1S/C18H22Cl2N2S/c1-13(12-22(2)3)21-11-14-7-4-5-10-17(14)23-18-15(19)8-6-9-16(18)20/h4-10,13,21H,11-12H2,1-3H3. The summed E-state index contributed by atoms with van der Waals surface area (Å²) in [5.74, 6) is 0. The molecule has 0 aliphatic carbocycles. The summed E-state index contributed by atoms with van der Waals surface area (Å²) in [6.45, 7) is 4.02. The summed E-state index contributed by atoms with van der Waals surface area (Å²) in [5.41, 5.74) is 1.25. The van der Waals surface area contributed by atoms with E-state index in [1.807, 2.05) is 24.3 Å². The fourth-order valence-electron chi connectivity index (χ4n) is 2.34. The van der Waals surface area contributed by atoms with Crippen LogP contribution in [0.2, 0.25) is 10.0 Å². The maximum absolute atomic E-state index is 6.29. The van der Waals surface area contributed by atoms with Crippen LogP contribution in [-0.4, -0.2) is 31.6 Å². The highest BCUT2D eigenvalue weighted by molar-refractivity contribution is 7.99. The van der Waals surface area contributed by atoms with Gasteiger partial charge in [0.1, 0.15) is 0 Å². The molecule has 1 unspecified atom stereocenters. The molecule has 0 fully saturated rings. The Morgan fingerprint density at radius 3 is 2.35 bits per heavy atom. The average molecular weight is 369 g/mol. The van der Waals surface area contributed by atoms with Crippen molar-refractivity contribution in [2.45, 2.75) is 29.3 Å². The molecule has 2 nitrogen and oxygen atoms in total. The summed E-state index contributed by atoms with van der Waals surface area (Å²) in [5, 5.41) is 4.94. The topological polar surface area (TPSA) is 15.3 Å². The maximum Gasteiger partial charge on any atom is 0.0560 e. The minimum Gasteiger partial charge on any atom is -0.309 e. The lowest BCUT2D eigenvalue weighted by atomic mass is 10.2. The molecule has 124 valence electrons. The van der Waals surface area contributed by atoms with Crippen LogP contribution in [0.5, 0.6) is 0 Å². The number of nitrogens with zero attached hydrogens (tertiary/aromatic N) is 1. The lowest BCUT2D eigenvalue weighted by Gasteiger charge is -2.19. The molecule has 1 N–H and O–H groups in total. The number of rotatable bonds is 7. The Balaban J connectivity index is 2.12. The van der Waals surface area contributed by atoms with Crippen LogP contribution in [0.4, 0.5) is 0 Å². The van der Waals surface area contributed by atoms with E-state index in [2.05, 4.69) is 49.4 Å². The number of benzene rings is 2. The van der Waals surface area contributed by atoms with E-state index in [4.69, 9.17) is 23.2 Å². The molecule has 0 aliphatic rings. The first kappa shape index (κ1) is 18.6. The minimum absolute atomic E-state index is 0.423. The van der Waals surface area contributed by atoms with E-state index in [1.165, 1.54) is 10.5 Å². The van der Waals surface area contributed by atoms with Crippen LogP contribution in [0, 0.1) is 0 Å². The van der Waals surface area contributed by atoms with Gasteiger partial charge in [0.2, 0.25) is 0 Å².